The first kappa shape index (κ1) is 26.4. The van der Waals surface area contributed by atoms with Crippen LogP contribution in [0.1, 0.15) is 31.5 Å². The van der Waals surface area contributed by atoms with Crippen LogP contribution in [0, 0.1) is 5.82 Å². The third-order valence-corrected chi connectivity index (χ3v) is 10.9. The van der Waals surface area contributed by atoms with Gasteiger partial charge in [-0.3, -0.25) is 13.9 Å². The highest BCUT2D eigenvalue weighted by Gasteiger charge is 2.49. The molecule has 200 valence electrons. The lowest BCUT2D eigenvalue weighted by Crippen LogP contribution is -2.38. The number of ether oxygens (including phenoxy) is 2. The van der Waals surface area contributed by atoms with Crippen LogP contribution in [0.4, 0.5) is 10.1 Å². The molecule has 2 aromatic carbocycles. The summed E-state index contributed by atoms with van der Waals surface area (Å²) >= 11 is 0. The molecule has 0 aromatic heterocycles. The zero-order chi connectivity index (χ0) is 26.2. The molecule has 2 aromatic rings. The van der Waals surface area contributed by atoms with Gasteiger partial charge in [-0.25, -0.2) is 4.39 Å². The Hall–Kier alpha value is -2.26. The Morgan fingerprint density at radius 3 is 2.54 bits per heavy atom. The van der Waals surface area contributed by atoms with Crippen LogP contribution in [0.2, 0.25) is 0 Å². The third kappa shape index (κ3) is 5.77. The summed E-state index contributed by atoms with van der Waals surface area (Å²) < 4.78 is 74.9. The molecular weight excluding hydrogens is 527 g/mol. The van der Waals surface area contributed by atoms with E-state index in [1.807, 2.05) is 0 Å². The molecule has 0 saturated carbocycles. The molecule has 1 N–H and O–H groups in total. The Balaban J connectivity index is 1.28. The van der Waals surface area contributed by atoms with Gasteiger partial charge in [0.2, 0.25) is 0 Å². The predicted molar refractivity (Wildman–Crippen MR) is 132 cm³/mol. The van der Waals surface area contributed by atoms with Crippen LogP contribution in [-0.2, 0) is 32.0 Å². The second-order valence-corrected chi connectivity index (χ2v) is 13.4. The Kier molecular flexibility index (Phi) is 7.47. The van der Waals surface area contributed by atoms with E-state index in [1.165, 1.54) is 12.1 Å². The Morgan fingerprint density at radius 1 is 1.08 bits per heavy atom. The van der Waals surface area contributed by atoms with E-state index in [2.05, 4.69) is 5.32 Å². The molecule has 3 heterocycles. The quantitative estimate of drug-likeness (QED) is 0.433. The van der Waals surface area contributed by atoms with Gasteiger partial charge in [-0.1, -0.05) is 18.2 Å². The lowest BCUT2D eigenvalue weighted by molar-refractivity contribution is -0.124. The minimum absolute atomic E-state index is 0.0109. The van der Waals surface area contributed by atoms with Crippen molar-refractivity contribution in [3.63, 3.8) is 0 Å². The second-order valence-electron chi connectivity index (χ2n) is 9.19. The molecule has 2 fully saturated rings. The summed E-state index contributed by atoms with van der Waals surface area (Å²) in [6.07, 6.45) is -1.69. The van der Waals surface area contributed by atoms with Crippen LogP contribution in [0.5, 0.6) is 11.5 Å². The highest BCUT2D eigenvalue weighted by atomic mass is 31.2. The molecule has 1 amide bonds. The fourth-order valence-electron chi connectivity index (χ4n) is 4.33. The number of rotatable bonds is 8. The number of carbonyl (C=O) groups is 1. The van der Waals surface area contributed by atoms with Crippen molar-refractivity contribution < 1.29 is 45.9 Å². The minimum Gasteiger partial charge on any atom is -0.490 e. The molecule has 2 saturated heterocycles. The van der Waals surface area contributed by atoms with E-state index in [-0.39, 0.29) is 55.7 Å². The number of nitrogens with one attached hydrogen (secondary N) is 1. The van der Waals surface area contributed by atoms with Crippen LogP contribution in [-0.4, -0.2) is 50.2 Å². The van der Waals surface area contributed by atoms with Gasteiger partial charge in [0.15, 0.2) is 17.7 Å². The zero-order valence-corrected chi connectivity index (χ0v) is 22.1. The molecule has 4 unspecified atom stereocenters. The largest absolute Gasteiger partial charge is 0.490 e. The maximum absolute atomic E-state index is 15.1. The summed E-state index contributed by atoms with van der Waals surface area (Å²) in [5.74, 6) is -0.539. The van der Waals surface area contributed by atoms with E-state index in [4.69, 9.17) is 27.6 Å². The van der Waals surface area contributed by atoms with E-state index in [0.717, 1.165) is 6.07 Å². The lowest BCUT2D eigenvalue weighted by atomic mass is 10.1. The monoisotopic (exact) mass is 555 g/mol. The van der Waals surface area contributed by atoms with Gasteiger partial charge in [-0.05, 0) is 43.7 Å². The highest BCUT2D eigenvalue weighted by molar-refractivity contribution is 7.58. The van der Waals surface area contributed by atoms with Gasteiger partial charge in [0.25, 0.3) is 5.91 Å². The third-order valence-electron chi connectivity index (χ3n) is 6.13. The second kappa shape index (κ2) is 10.5. The predicted octanol–water partition coefficient (Wildman–Crippen LogP) is 5.29. The molecule has 5 rings (SSSR count). The van der Waals surface area contributed by atoms with Crippen molar-refractivity contribution in [2.24, 2.45) is 0 Å². The number of fused-ring (bicyclic) bond motifs is 1. The van der Waals surface area contributed by atoms with E-state index >= 15 is 4.39 Å². The first-order valence-corrected chi connectivity index (χ1v) is 15.3. The smallest absolute Gasteiger partial charge is 0.339 e. The Morgan fingerprint density at radius 2 is 1.84 bits per heavy atom. The summed E-state index contributed by atoms with van der Waals surface area (Å²) in [5, 5.41) is 2.77. The molecule has 3 aliphatic heterocycles. The van der Waals surface area contributed by atoms with Crippen LogP contribution in [0.25, 0.3) is 0 Å². The number of hydrogen-bond donors (Lipinski definition) is 1. The van der Waals surface area contributed by atoms with E-state index in [1.54, 1.807) is 38.1 Å². The standard InChI is InChI=1S/C24H28FNO9P2/c1-15-12-31-36(28,34-15)14-23(37(29)32-13-16(2)35-37)17-7-8-20(18(25)11-17)30-10-9-22-24(27)26-19-5-3-4-6-21(19)33-22/h3-8,11,15-16,22-23H,9-10,12-14H2,1-2H3,(H,26,27)/t15-,16-,22?,23?,36?,37?/m1/s1. The number of carbonyl (C=O) groups excluding carboxylic acids is 1. The fraction of sp³-hybridized carbons (Fsp3) is 0.458. The summed E-state index contributed by atoms with van der Waals surface area (Å²) in [5.41, 5.74) is -0.206. The first-order valence-electron chi connectivity index (χ1n) is 12.0. The van der Waals surface area contributed by atoms with Crippen LogP contribution < -0.4 is 14.8 Å². The molecule has 37 heavy (non-hydrogen) atoms. The number of benzene rings is 2. The van der Waals surface area contributed by atoms with Crippen molar-refractivity contribution in [3.8, 4) is 11.5 Å². The molecule has 0 radical (unpaired) electrons. The zero-order valence-electron chi connectivity index (χ0n) is 20.3. The van der Waals surface area contributed by atoms with Crippen LogP contribution in [0.15, 0.2) is 42.5 Å². The van der Waals surface area contributed by atoms with E-state index in [0.29, 0.717) is 11.4 Å². The molecule has 0 bridgehead atoms. The maximum atomic E-state index is 15.1. The fourth-order valence-corrected chi connectivity index (χ4v) is 9.56. The van der Waals surface area contributed by atoms with Crippen molar-refractivity contribution >= 4 is 26.8 Å². The van der Waals surface area contributed by atoms with Gasteiger partial charge in [0, 0.05) is 6.42 Å². The van der Waals surface area contributed by atoms with Crippen molar-refractivity contribution in [2.75, 3.05) is 31.3 Å². The number of halogens is 1. The van der Waals surface area contributed by atoms with Gasteiger partial charge >= 0.3 is 15.2 Å². The summed E-state index contributed by atoms with van der Waals surface area (Å²) in [6.45, 7) is 3.67. The van der Waals surface area contributed by atoms with Crippen LogP contribution >= 0.6 is 15.2 Å². The molecule has 10 nitrogen and oxygen atoms in total. The van der Waals surface area contributed by atoms with Gasteiger partial charge in [-0.2, -0.15) is 0 Å². The normalized spacial score (nSPS) is 31.9. The minimum atomic E-state index is -3.78. The Labute approximate surface area is 213 Å². The van der Waals surface area contributed by atoms with E-state index < -0.39 is 38.9 Å². The van der Waals surface area contributed by atoms with E-state index in [9.17, 15) is 13.9 Å². The molecule has 3 aliphatic rings. The highest BCUT2D eigenvalue weighted by Crippen LogP contribution is 2.70. The molecular formula is C24H28FNO9P2. The maximum Gasteiger partial charge on any atom is 0.339 e. The molecule has 0 aliphatic carbocycles. The van der Waals surface area contributed by atoms with Crippen molar-refractivity contribution in [1.29, 1.82) is 0 Å². The van der Waals surface area contributed by atoms with Crippen molar-refractivity contribution in [3.05, 3.63) is 53.8 Å². The number of anilines is 1. The topological polar surface area (TPSA) is 119 Å². The van der Waals surface area contributed by atoms with Gasteiger partial charge in [0.1, 0.15) is 5.75 Å². The first-order chi connectivity index (χ1) is 17.6. The van der Waals surface area contributed by atoms with Gasteiger partial charge in [0.05, 0.1) is 49.5 Å². The molecule has 13 heteroatoms. The summed E-state index contributed by atoms with van der Waals surface area (Å²) in [7, 11) is -7.37. The van der Waals surface area contributed by atoms with Gasteiger partial charge in [-0.15, -0.1) is 0 Å². The Bertz CT molecular complexity index is 1270. The number of hydrogen-bond acceptors (Lipinski definition) is 9. The molecule has 6 atom stereocenters. The average molecular weight is 555 g/mol. The SMILES string of the molecule is C[C@@H]1COP(=O)(CC(c2ccc(OCCC3Oc4ccccc4NC3=O)c(F)c2)P2(=O)OC[C@@H](C)O2)O1. The summed E-state index contributed by atoms with van der Waals surface area (Å²) in [6, 6.07) is 11.1. The lowest BCUT2D eigenvalue weighted by Gasteiger charge is -2.26. The summed E-state index contributed by atoms with van der Waals surface area (Å²) in [4.78, 5) is 12.3. The van der Waals surface area contributed by atoms with Gasteiger partial charge < -0.3 is 32.9 Å². The number of amides is 1. The number of para-hydroxylation sites is 2. The van der Waals surface area contributed by atoms with Crippen molar-refractivity contribution in [2.45, 2.75) is 44.2 Å². The average Bonchev–Trinajstić information content (AvgIpc) is 3.39. The van der Waals surface area contributed by atoms with Crippen LogP contribution in [0.3, 0.4) is 0 Å². The molecule has 0 spiro atoms. The van der Waals surface area contributed by atoms with Crippen molar-refractivity contribution in [1.82, 2.24) is 0 Å².